The zero-order chi connectivity index (χ0) is 15.1. The molecule has 0 spiro atoms. The summed E-state index contributed by atoms with van der Waals surface area (Å²) in [4.78, 5) is 8.96. The average molecular weight is 376 g/mol. The molecule has 0 amide bonds. The summed E-state index contributed by atoms with van der Waals surface area (Å²) in [7, 11) is 0. The van der Waals surface area contributed by atoms with Gasteiger partial charge in [0.25, 0.3) is 0 Å². The lowest BCUT2D eigenvalue weighted by Crippen LogP contribution is -1.98. The molecule has 0 saturated carbocycles. The molecule has 0 aliphatic rings. The Labute approximate surface area is 137 Å². The van der Waals surface area contributed by atoms with Gasteiger partial charge in [-0.15, -0.1) is 0 Å². The predicted octanol–water partition coefficient (Wildman–Crippen LogP) is 3.39. The van der Waals surface area contributed by atoms with Crippen molar-refractivity contribution < 1.29 is 0 Å². The number of anilines is 2. The number of H-pyrrole nitrogens is 1. The summed E-state index contributed by atoms with van der Waals surface area (Å²) in [6, 6.07) is 1.98. The minimum atomic E-state index is 0.674. The van der Waals surface area contributed by atoms with Gasteiger partial charge in [-0.2, -0.15) is 9.47 Å². The highest BCUT2D eigenvalue weighted by Crippen LogP contribution is 2.28. The van der Waals surface area contributed by atoms with Gasteiger partial charge in [-0.1, -0.05) is 0 Å². The topological polar surface area (TPSA) is 83.8 Å². The summed E-state index contributed by atoms with van der Waals surface area (Å²) < 4.78 is 6.95. The van der Waals surface area contributed by atoms with E-state index in [0.717, 1.165) is 27.6 Å². The monoisotopic (exact) mass is 375 g/mol. The van der Waals surface area contributed by atoms with Crippen LogP contribution in [0.4, 0.5) is 10.8 Å². The van der Waals surface area contributed by atoms with Crippen molar-refractivity contribution in [3.05, 3.63) is 41.2 Å². The van der Waals surface area contributed by atoms with Crippen LogP contribution in [0.3, 0.4) is 0 Å². The van der Waals surface area contributed by atoms with Crippen molar-refractivity contribution in [3.8, 4) is 11.3 Å². The Bertz CT molecular complexity index is 941. The molecule has 0 bridgehead atoms. The first-order valence-corrected chi connectivity index (χ1v) is 8.00. The molecule has 0 aromatic carbocycles. The molecular formula is C13H10BrN7S. The molecule has 0 radical (unpaired) electrons. The minimum Gasteiger partial charge on any atom is -0.328 e. The SMILES string of the molecule is Cc1cc(Nc2nc(Br)cn3c(-c4cn[nH]c4)cnc23)sn1. The molecule has 2 N–H and O–H groups in total. The van der Waals surface area contributed by atoms with E-state index in [0.29, 0.717) is 10.4 Å². The van der Waals surface area contributed by atoms with Crippen molar-refractivity contribution in [1.29, 1.82) is 0 Å². The molecule has 7 nitrogen and oxygen atoms in total. The van der Waals surface area contributed by atoms with Crippen LogP contribution in [-0.4, -0.2) is 28.9 Å². The van der Waals surface area contributed by atoms with Gasteiger partial charge in [0, 0.05) is 18.0 Å². The molecule has 0 unspecified atom stereocenters. The molecular weight excluding hydrogens is 366 g/mol. The second kappa shape index (κ2) is 5.18. The first-order chi connectivity index (χ1) is 10.7. The van der Waals surface area contributed by atoms with Gasteiger partial charge in [0.05, 0.1) is 23.8 Å². The van der Waals surface area contributed by atoms with Crippen LogP contribution in [0, 0.1) is 6.92 Å². The summed E-state index contributed by atoms with van der Waals surface area (Å²) >= 11 is 4.84. The molecule has 0 aliphatic carbocycles. The fraction of sp³-hybridized carbons (Fsp3) is 0.0769. The molecule has 0 fully saturated rings. The maximum Gasteiger partial charge on any atom is 0.181 e. The van der Waals surface area contributed by atoms with E-state index in [-0.39, 0.29) is 0 Å². The molecule has 4 rings (SSSR count). The first-order valence-electron chi connectivity index (χ1n) is 6.44. The normalized spacial score (nSPS) is 11.2. The zero-order valence-electron chi connectivity index (χ0n) is 11.4. The Hall–Kier alpha value is -2.26. The van der Waals surface area contributed by atoms with Gasteiger partial charge in [0.2, 0.25) is 0 Å². The number of rotatable bonds is 3. The van der Waals surface area contributed by atoms with Crippen LogP contribution in [0.15, 0.2) is 35.5 Å². The number of hydrogen-bond donors (Lipinski definition) is 2. The summed E-state index contributed by atoms with van der Waals surface area (Å²) in [6.07, 6.45) is 7.28. The van der Waals surface area contributed by atoms with Gasteiger partial charge in [-0.25, -0.2) is 9.97 Å². The number of halogens is 1. The Morgan fingerprint density at radius 2 is 2.27 bits per heavy atom. The Kier molecular flexibility index (Phi) is 3.16. The highest BCUT2D eigenvalue weighted by molar-refractivity contribution is 9.10. The van der Waals surface area contributed by atoms with Gasteiger partial charge < -0.3 is 5.32 Å². The van der Waals surface area contributed by atoms with Crippen LogP contribution in [0.2, 0.25) is 0 Å². The maximum absolute atomic E-state index is 4.48. The van der Waals surface area contributed by atoms with Crippen molar-refractivity contribution in [3.63, 3.8) is 0 Å². The maximum atomic E-state index is 4.48. The molecule has 0 aliphatic heterocycles. The van der Waals surface area contributed by atoms with Crippen LogP contribution < -0.4 is 5.32 Å². The molecule has 0 atom stereocenters. The number of aryl methyl sites for hydroxylation is 1. The van der Waals surface area contributed by atoms with Gasteiger partial charge >= 0.3 is 0 Å². The number of aromatic nitrogens is 6. The summed E-state index contributed by atoms with van der Waals surface area (Å²) in [6.45, 7) is 1.96. The summed E-state index contributed by atoms with van der Waals surface area (Å²) in [5.41, 5.74) is 3.62. The Morgan fingerprint density at radius 3 is 3.00 bits per heavy atom. The number of aromatic amines is 1. The third kappa shape index (κ3) is 2.28. The molecule has 22 heavy (non-hydrogen) atoms. The molecule has 4 aromatic heterocycles. The van der Waals surface area contributed by atoms with Crippen LogP contribution in [-0.2, 0) is 0 Å². The third-order valence-corrected chi connectivity index (χ3v) is 4.30. The van der Waals surface area contributed by atoms with Crippen LogP contribution in [0.25, 0.3) is 16.9 Å². The van der Waals surface area contributed by atoms with E-state index < -0.39 is 0 Å². The lowest BCUT2D eigenvalue weighted by Gasteiger charge is -2.06. The lowest BCUT2D eigenvalue weighted by molar-refractivity contribution is 1.09. The fourth-order valence-electron chi connectivity index (χ4n) is 2.19. The number of nitrogens with one attached hydrogen (secondary N) is 2. The molecule has 9 heteroatoms. The van der Waals surface area contributed by atoms with Crippen LogP contribution in [0.1, 0.15) is 5.69 Å². The smallest absolute Gasteiger partial charge is 0.181 e. The van der Waals surface area contributed by atoms with Crippen LogP contribution >= 0.6 is 27.5 Å². The fourth-order valence-corrected chi connectivity index (χ4v) is 3.23. The van der Waals surface area contributed by atoms with E-state index in [9.17, 15) is 0 Å². The number of imidazole rings is 1. The van der Waals surface area contributed by atoms with Crippen molar-refractivity contribution >= 4 is 43.9 Å². The second-order valence-electron chi connectivity index (χ2n) is 4.69. The predicted molar refractivity (Wildman–Crippen MR) is 88.4 cm³/mol. The van der Waals surface area contributed by atoms with E-state index in [1.54, 1.807) is 12.4 Å². The van der Waals surface area contributed by atoms with E-state index in [1.807, 2.05) is 29.8 Å². The van der Waals surface area contributed by atoms with E-state index in [1.165, 1.54) is 11.5 Å². The second-order valence-corrected chi connectivity index (χ2v) is 6.31. The third-order valence-electron chi connectivity index (χ3n) is 3.13. The molecule has 110 valence electrons. The number of nitrogens with zero attached hydrogens (tertiary/aromatic N) is 5. The highest BCUT2D eigenvalue weighted by atomic mass is 79.9. The van der Waals surface area contributed by atoms with Crippen molar-refractivity contribution in [2.24, 2.45) is 0 Å². The number of hydrogen-bond acceptors (Lipinski definition) is 6. The van der Waals surface area contributed by atoms with Crippen molar-refractivity contribution in [2.75, 3.05) is 5.32 Å². The molecule has 4 heterocycles. The number of fused-ring (bicyclic) bond motifs is 1. The van der Waals surface area contributed by atoms with Crippen molar-refractivity contribution in [2.45, 2.75) is 6.92 Å². The van der Waals surface area contributed by atoms with Gasteiger partial charge in [0.1, 0.15) is 9.60 Å². The van der Waals surface area contributed by atoms with Gasteiger partial charge in [-0.05, 0) is 40.5 Å². The van der Waals surface area contributed by atoms with Gasteiger partial charge in [0.15, 0.2) is 11.5 Å². The average Bonchev–Trinajstić information content (AvgIpc) is 3.18. The van der Waals surface area contributed by atoms with Crippen LogP contribution in [0.5, 0.6) is 0 Å². The zero-order valence-corrected chi connectivity index (χ0v) is 13.8. The van der Waals surface area contributed by atoms with E-state index >= 15 is 0 Å². The van der Waals surface area contributed by atoms with E-state index in [4.69, 9.17) is 0 Å². The Morgan fingerprint density at radius 1 is 1.36 bits per heavy atom. The first kappa shape index (κ1) is 13.4. The lowest BCUT2D eigenvalue weighted by atomic mass is 10.3. The summed E-state index contributed by atoms with van der Waals surface area (Å²) in [5.74, 6) is 0.674. The molecule has 0 saturated heterocycles. The Balaban J connectivity index is 1.85. The van der Waals surface area contributed by atoms with E-state index in [2.05, 4.69) is 45.8 Å². The van der Waals surface area contributed by atoms with Gasteiger partial charge in [-0.3, -0.25) is 9.50 Å². The standard InChI is InChI=1S/C13H10BrN7S/c1-7-2-11(22-20-7)19-12-13-15-5-9(8-3-16-17-4-8)21(13)6-10(14)18-12/h2-6H,1H3,(H,16,17)(H,18,19). The largest absolute Gasteiger partial charge is 0.328 e. The highest BCUT2D eigenvalue weighted by Gasteiger charge is 2.13. The minimum absolute atomic E-state index is 0.674. The van der Waals surface area contributed by atoms with Crippen molar-refractivity contribution in [1.82, 2.24) is 28.9 Å². The molecule has 4 aromatic rings. The quantitative estimate of drug-likeness (QED) is 0.573. The summed E-state index contributed by atoms with van der Waals surface area (Å²) in [5, 5.41) is 11.0.